The normalized spacial score (nSPS) is 12.1. The predicted molar refractivity (Wildman–Crippen MR) is 174 cm³/mol. The Morgan fingerprint density at radius 3 is 1.08 bits per heavy atom. The van der Waals surface area contributed by atoms with E-state index in [4.69, 9.17) is 56.3 Å². The molecule has 0 aliphatic rings. The molecule has 0 aliphatic carbocycles. The van der Waals surface area contributed by atoms with Crippen molar-refractivity contribution >= 4 is 16.1 Å². The summed E-state index contributed by atoms with van der Waals surface area (Å²) in [6, 6.07) is 7.96. The Morgan fingerprint density at radius 2 is 0.771 bits per heavy atom. The lowest BCUT2D eigenvalue weighted by atomic mass is 10.2. The Hall–Kier alpha value is -1.80. The predicted octanol–water partition coefficient (Wildman–Crippen LogP) is 1.90. The average Bonchev–Trinajstić information content (AvgIpc) is 3.05. The maximum absolute atomic E-state index is 12.0. The molecule has 0 saturated carbocycles. The van der Waals surface area contributed by atoms with Crippen LogP contribution in [0.4, 0.5) is 0 Å². The molecule has 1 aromatic rings. The molecule has 1 aromatic carbocycles. The van der Waals surface area contributed by atoms with Gasteiger partial charge in [-0.25, -0.2) is 4.79 Å². The van der Waals surface area contributed by atoms with Crippen LogP contribution in [0.2, 0.25) is 0 Å². The largest absolute Gasteiger partial charge is 0.458 e. The lowest BCUT2D eigenvalue weighted by Gasteiger charge is -2.19. The van der Waals surface area contributed by atoms with Crippen LogP contribution in [-0.4, -0.2) is 159 Å². The SMILES string of the molecule is CC(C)(C)OC(=O)COCCOCCOCCOCCOCCOCCOCCOCCOCCOCCOS(=O)(=O)c1ccccc1. The number of hydrogen-bond acceptors (Lipinski definition) is 15. The zero-order valence-electron chi connectivity index (χ0n) is 28.8. The molecule has 0 N–H and O–H groups in total. The summed E-state index contributed by atoms with van der Waals surface area (Å²) < 4.78 is 88.0. The number of rotatable bonds is 34. The van der Waals surface area contributed by atoms with Crippen molar-refractivity contribution in [2.45, 2.75) is 31.3 Å². The summed E-state index contributed by atoms with van der Waals surface area (Å²) >= 11 is 0. The number of ether oxygens (including phenoxy) is 11. The van der Waals surface area contributed by atoms with Crippen LogP contribution in [0, 0.1) is 0 Å². The summed E-state index contributed by atoms with van der Waals surface area (Å²) in [6.07, 6.45) is 0. The van der Waals surface area contributed by atoms with Crippen LogP contribution in [-0.2, 0) is 71.2 Å². The van der Waals surface area contributed by atoms with E-state index >= 15 is 0 Å². The van der Waals surface area contributed by atoms with Crippen LogP contribution in [0.5, 0.6) is 0 Å². The molecule has 15 nitrogen and oxygen atoms in total. The van der Waals surface area contributed by atoms with Gasteiger partial charge >= 0.3 is 5.97 Å². The van der Waals surface area contributed by atoms with Gasteiger partial charge in [0, 0.05) is 0 Å². The monoisotopic (exact) mass is 712 g/mol. The van der Waals surface area contributed by atoms with Crippen molar-refractivity contribution in [3.8, 4) is 0 Å². The third kappa shape index (κ3) is 29.1. The van der Waals surface area contributed by atoms with Crippen molar-refractivity contribution < 1.29 is 69.5 Å². The first-order valence-electron chi connectivity index (χ1n) is 16.1. The molecule has 0 atom stereocenters. The van der Waals surface area contributed by atoms with Gasteiger partial charge in [0.05, 0.1) is 137 Å². The zero-order valence-corrected chi connectivity index (χ0v) is 29.6. The van der Waals surface area contributed by atoms with E-state index in [9.17, 15) is 13.2 Å². The van der Waals surface area contributed by atoms with Gasteiger partial charge in [-0.15, -0.1) is 0 Å². The number of benzene rings is 1. The van der Waals surface area contributed by atoms with E-state index in [-0.39, 0.29) is 24.7 Å². The van der Waals surface area contributed by atoms with E-state index in [2.05, 4.69) is 0 Å². The van der Waals surface area contributed by atoms with E-state index in [0.29, 0.717) is 119 Å². The molecule has 0 fully saturated rings. The van der Waals surface area contributed by atoms with Crippen molar-refractivity contribution in [3.63, 3.8) is 0 Å². The second-order valence-corrected chi connectivity index (χ2v) is 12.4. The second kappa shape index (κ2) is 30.1. The molecule has 0 amide bonds. The van der Waals surface area contributed by atoms with Crippen molar-refractivity contribution in [2.75, 3.05) is 139 Å². The molecule has 0 saturated heterocycles. The molecular weight excluding hydrogens is 656 g/mol. The van der Waals surface area contributed by atoms with E-state index in [0.717, 1.165) is 0 Å². The fourth-order valence-electron chi connectivity index (χ4n) is 3.36. The highest BCUT2D eigenvalue weighted by Gasteiger charge is 2.16. The molecule has 16 heteroatoms. The molecule has 1 rings (SSSR count). The van der Waals surface area contributed by atoms with Gasteiger partial charge in [0.25, 0.3) is 10.1 Å². The lowest BCUT2D eigenvalue weighted by molar-refractivity contribution is -0.160. The van der Waals surface area contributed by atoms with Crippen LogP contribution < -0.4 is 0 Å². The Labute approximate surface area is 285 Å². The standard InChI is InChI=1S/C32H56O15S/c1-32(2,3)47-31(33)29-45-26-25-43-22-21-41-18-17-39-14-13-37-10-9-36-11-12-38-15-16-40-19-20-42-23-24-44-27-28-46-48(34,35)30-7-5-4-6-8-30/h4-8H,9-29H2,1-3H3. The first-order chi connectivity index (χ1) is 23.2. The minimum Gasteiger partial charge on any atom is -0.458 e. The third-order valence-corrected chi connectivity index (χ3v) is 6.81. The minimum atomic E-state index is -3.76. The number of carbonyl (C=O) groups is 1. The topological polar surface area (TPSA) is 162 Å². The molecular formula is C32H56O15S. The van der Waals surface area contributed by atoms with Gasteiger partial charge in [0.15, 0.2) is 0 Å². The summed E-state index contributed by atoms with van der Waals surface area (Å²) in [5.74, 6) is -0.394. The molecule has 48 heavy (non-hydrogen) atoms. The molecule has 0 aliphatic heterocycles. The van der Waals surface area contributed by atoms with E-state index in [1.54, 1.807) is 18.2 Å². The summed E-state index contributed by atoms with van der Waals surface area (Å²) in [4.78, 5) is 11.6. The first-order valence-corrected chi connectivity index (χ1v) is 17.6. The van der Waals surface area contributed by atoms with E-state index in [1.807, 2.05) is 20.8 Å². The summed E-state index contributed by atoms with van der Waals surface area (Å²) in [6.45, 7) is 13.1. The Kier molecular flexibility index (Phi) is 27.7. The van der Waals surface area contributed by atoms with Gasteiger partial charge in [0.1, 0.15) is 12.2 Å². The number of hydrogen-bond donors (Lipinski definition) is 0. The Bertz CT molecular complexity index is 973. The zero-order chi connectivity index (χ0) is 35.0. The summed E-state index contributed by atoms with van der Waals surface area (Å²) in [5, 5.41) is 0. The Balaban J connectivity index is 1.68. The van der Waals surface area contributed by atoms with Crippen LogP contribution in [0.3, 0.4) is 0 Å². The van der Waals surface area contributed by atoms with Crippen LogP contribution in [0.15, 0.2) is 35.2 Å². The highest BCUT2D eigenvalue weighted by atomic mass is 32.2. The Morgan fingerprint density at radius 1 is 0.479 bits per heavy atom. The van der Waals surface area contributed by atoms with E-state index < -0.39 is 21.7 Å². The molecule has 0 unspecified atom stereocenters. The maximum Gasteiger partial charge on any atom is 0.332 e. The average molecular weight is 713 g/mol. The van der Waals surface area contributed by atoms with Gasteiger partial charge in [-0.2, -0.15) is 8.42 Å². The second-order valence-electron chi connectivity index (χ2n) is 10.7. The fraction of sp³-hybridized carbons (Fsp3) is 0.781. The molecule has 0 radical (unpaired) electrons. The van der Waals surface area contributed by atoms with Crippen LogP contribution in [0.1, 0.15) is 20.8 Å². The molecule has 280 valence electrons. The third-order valence-electron chi connectivity index (χ3n) is 5.49. The van der Waals surface area contributed by atoms with Gasteiger partial charge in [-0.05, 0) is 32.9 Å². The van der Waals surface area contributed by atoms with Crippen molar-refractivity contribution in [2.24, 2.45) is 0 Å². The molecule has 0 heterocycles. The highest BCUT2D eigenvalue weighted by Crippen LogP contribution is 2.11. The van der Waals surface area contributed by atoms with Crippen molar-refractivity contribution in [3.05, 3.63) is 30.3 Å². The molecule has 0 aromatic heterocycles. The van der Waals surface area contributed by atoms with Gasteiger partial charge in [-0.3, -0.25) is 4.18 Å². The van der Waals surface area contributed by atoms with E-state index in [1.165, 1.54) is 12.1 Å². The number of esters is 1. The molecule has 0 bridgehead atoms. The number of carbonyl (C=O) groups excluding carboxylic acids is 1. The lowest BCUT2D eigenvalue weighted by Crippen LogP contribution is -2.27. The molecule has 0 spiro atoms. The fourth-order valence-corrected chi connectivity index (χ4v) is 4.28. The van der Waals surface area contributed by atoms with Gasteiger partial charge in [0.2, 0.25) is 0 Å². The van der Waals surface area contributed by atoms with Crippen LogP contribution in [0.25, 0.3) is 0 Å². The van der Waals surface area contributed by atoms with Crippen molar-refractivity contribution in [1.29, 1.82) is 0 Å². The minimum absolute atomic E-state index is 0.0635. The summed E-state index contributed by atoms with van der Waals surface area (Å²) in [7, 11) is -3.76. The van der Waals surface area contributed by atoms with Gasteiger partial charge in [-0.1, -0.05) is 18.2 Å². The maximum atomic E-state index is 12.0. The first kappa shape index (κ1) is 44.2. The smallest absolute Gasteiger partial charge is 0.332 e. The van der Waals surface area contributed by atoms with Crippen LogP contribution >= 0.6 is 0 Å². The quantitative estimate of drug-likeness (QED) is 0.0578. The van der Waals surface area contributed by atoms with Gasteiger partial charge < -0.3 is 52.1 Å². The van der Waals surface area contributed by atoms with Crippen molar-refractivity contribution in [1.82, 2.24) is 0 Å². The highest BCUT2D eigenvalue weighted by molar-refractivity contribution is 7.86. The summed E-state index contributed by atoms with van der Waals surface area (Å²) in [5.41, 5.74) is -0.518.